The molecule has 0 heterocycles. The molecular weight excluding hydrogens is 392 g/mol. The van der Waals surface area contributed by atoms with Crippen molar-refractivity contribution < 1.29 is 9.53 Å². The highest BCUT2D eigenvalue weighted by Gasteiger charge is 2.11. The largest absolute Gasteiger partial charge is 0.457 e. The van der Waals surface area contributed by atoms with Crippen LogP contribution in [0.25, 0.3) is 0 Å². The van der Waals surface area contributed by atoms with Crippen LogP contribution in [-0.2, 0) is 11.3 Å². The van der Waals surface area contributed by atoms with Gasteiger partial charge in [-0.2, -0.15) is 0 Å². The van der Waals surface area contributed by atoms with Crippen molar-refractivity contribution in [2.24, 2.45) is 0 Å². The minimum atomic E-state index is -0.377. The first kappa shape index (κ1) is 14.6. The Kier molecular flexibility index (Phi) is 5.07. The summed E-state index contributed by atoms with van der Waals surface area (Å²) in [7, 11) is 0. The molecule has 2 aromatic carbocycles. The second-order valence-corrected chi connectivity index (χ2v) is 6.18. The van der Waals surface area contributed by atoms with Crippen LogP contribution in [0.4, 0.5) is 0 Å². The third-order valence-electron chi connectivity index (χ3n) is 2.44. The lowest BCUT2D eigenvalue weighted by molar-refractivity contribution is 0.0468. The zero-order chi connectivity index (χ0) is 13.8. The van der Waals surface area contributed by atoms with E-state index in [1.807, 2.05) is 24.3 Å². The first-order chi connectivity index (χ1) is 9.06. The van der Waals surface area contributed by atoms with Crippen LogP contribution in [0.15, 0.2) is 56.3 Å². The van der Waals surface area contributed by atoms with Gasteiger partial charge in [0.25, 0.3) is 0 Å². The molecular formula is C14H10Br2O2S. The third kappa shape index (κ3) is 4.09. The number of hydrogen-bond acceptors (Lipinski definition) is 3. The van der Waals surface area contributed by atoms with Gasteiger partial charge >= 0.3 is 5.97 Å². The van der Waals surface area contributed by atoms with E-state index in [9.17, 15) is 4.79 Å². The number of halogens is 2. The molecule has 2 nitrogen and oxygen atoms in total. The molecule has 0 spiro atoms. The average Bonchev–Trinajstić information content (AvgIpc) is 2.36. The molecule has 2 rings (SSSR count). The molecule has 0 saturated carbocycles. The second-order valence-electron chi connectivity index (χ2n) is 3.87. The van der Waals surface area contributed by atoms with E-state index in [0.29, 0.717) is 10.5 Å². The fourth-order valence-corrected chi connectivity index (χ4v) is 2.82. The standard InChI is InChI=1S/C14H10Br2O2S/c15-10-3-1-2-9(6-10)8-18-14(17)12-5-4-11(16)7-13(12)19/h1-7,19H,8H2. The number of carbonyl (C=O) groups excluding carboxylic acids is 1. The number of esters is 1. The zero-order valence-corrected chi connectivity index (χ0v) is 13.8. The van der Waals surface area contributed by atoms with Gasteiger partial charge in [0.15, 0.2) is 0 Å². The number of carbonyl (C=O) groups is 1. The monoisotopic (exact) mass is 400 g/mol. The summed E-state index contributed by atoms with van der Waals surface area (Å²) >= 11 is 11.0. The Morgan fingerprint density at radius 1 is 1.11 bits per heavy atom. The van der Waals surface area contributed by atoms with E-state index in [2.05, 4.69) is 44.5 Å². The van der Waals surface area contributed by atoms with Gasteiger partial charge in [-0.05, 0) is 35.9 Å². The molecule has 0 aliphatic rings. The minimum absolute atomic E-state index is 0.238. The van der Waals surface area contributed by atoms with Crippen molar-refractivity contribution >= 4 is 50.5 Å². The Hall–Kier alpha value is -0.780. The second kappa shape index (κ2) is 6.59. The molecule has 0 radical (unpaired) electrons. The van der Waals surface area contributed by atoms with Gasteiger partial charge in [-0.1, -0.05) is 44.0 Å². The molecule has 0 N–H and O–H groups in total. The Bertz CT molecular complexity index is 614. The van der Waals surface area contributed by atoms with Crippen LogP contribution >= 0.6 is 44.5 Å². The van der Waals surface area contributed by atoms with Gasteiger partial charge < -0.3 is 4.74 Å². The normalized spacial score (nSPS) is 10.3. The van der Waals surface area contributed by atoms with Crippen LogP contribution in [-0.4, -0.2) is 5.97 Å². The van der Waals surface area contributed by atoms with Gasteiger partial charge in [-0.3, -0.25) is 0 Å². The molecule has 0 aliphatic carbocycles. The molecule has 2 aromatic rings. The van der Waals surface area contributed by atoms with Gasteiger partial charge in [0.05, 0.1) is 5.56 Å². The molecule has 98 valence electrons. The van der Waals surface area contributed by atoms with Crippen molar-refractivity contribution in [3.8, 4) is 0 Å². The Balaban J connectivity index is 2.05. The van der Waals surface area contributed by atoms with Crippen molar-refractivity contribution in [3.63, 3.8) is 0 Å². The minimum Gasteiger partial charge on any atom is -0.457 e. The molecule has 0 unspecified atom stereocenters. The van der Waals surface area contributed by atoms with E-state index in [0.717, 1.165) is 14.5 Å². The van der Waals surface area contributed by atoms with E-state index in [4.69, 9.17) is 4.74 Å². The smallest absolute Gasteiger partial charge is 0.339 e. The highest BCUT2D eigenvalue weighted by molar-refractivity contribution is 9.10. The van der Waals surface area contributed by atoms with E-state index in [1.165, 1.54) is 0 Å². The molecule has 0 saturated heterocycles. The van der Waals surface area contributed by atoms with Gasteiger partial charge in [0.2, 0.25) is 0 Å². The average molecular weight is 402 g/mol. The Morgan fingerprint density at radius 3 is 2.53 bits per heavy atom. The number of hydrogen-bond donors (Lipinski definition) is 1. The molecule has 0 fully saturated rings. The molecule has 0 aromatic heterocycles. The molecule has 19 heavy (non-hydrogen) atoms. The SMILES string of the molecule is O=C(OCc1cccc(Br)c1)c1ccc(Br)cc1S. The van der Waals surface area contributed by atoms with Crippen LogP contribution in [0.2, 0.25) is 0 Å². The lowest BCUT2D eigenvalue weighted by atomic mass is 10.2. The van der Waals surface area contributed by atoms with Gasteiger partial charge in [-0.15, -0.1) is 12.6 Å². The predicted molar refractivity (Wildman–Crippen MR) is 84.7 cm³/mol. The van der Waals surface area contributed by atoms with Gasteiger partial charge in [0.1, 0.15) is 6.61 Å². The maximum atomic E-state index is 11.9. The first-order valence-corrected chi connectivity index (χ1v) is 7.49. The van der Waals surface area contributed by atoms with Crippen molar-refractivity contribution in [2.75, 3.05) is 0 Å². The van der Waals surface area contributed by atoms with E-state index in [1.54, 1.807) is 18.2 Å². The lowest BCUT2D eigenvalue weighted by Crippen LogP contribution is -2.06. The number of rotatable bonds is 3. The summed E-state index contributed by atoms with van der Waals surface area (Å²) < 4.78 is 7.10. The fraction of sp³-hybridized carbons (Fsp3) is 0.0714. The third-order valence-corrected chi connectivity index (χ3v) is 3.80. The van der Waals surface area contributed by atoms with Crippen LogP contribution in [0.1, 0.15) is 15.9 Å². The predicted octanol–water partition coefficient (Wildman–Crippen LogP) is 4.86. The van der Waals surface area contributed by atoms with Crippen LogP contribution in [0.3, 0.4) is 0 Å². The summed E-state index contributed by atoms with van der Waals surface area (Å²) in [6.45, 7) is 0.238. The number of ether oxygens (including phenoxy) is 1. The molecule has 0 bridgehead atoms. The topological polar surface area (TPSA) is 26.3 Å². The molecule has 0 atom stereocenters. The maximum absolute atomic E-state index is 11.9. The van der Waals surface area contributed by atoms with Crippen molar-refractivity contribution in [2.45, 2.75) is 11.5 Å². The summed E-state index contributed by atoms with van der Waals surface area (Å²) in [6, 6.07) is 12.9. The summed E-state index contributed by atoms with van der Waals surface area (Å²) in [4.78, 5) is 12.5. The highest BCUT2D eigenvalue weighted by atomic mass is 79.9. The number of thiol groups is 1. The van der Waals surface area contributed by atoms with Crippen LogP contribution in [0, 0.1) is 0 Å². The summed E-state index contributed by atoms with van der Waals surface area (Å²) in [5, 5.41) is 0. The Labute approximate surface area is 133 Å². The zero-order valence-electron chi connectivity index (χ0n) is 9.77. The van der Waals surface area contributed by atoms with Crippen molar-refractivity contribution in [3.05, 3.63) is 62.5 Å². The highest BCUT2D eigenvalue weighted by Crippen LogP contribution is 2.21. The van der Waals surface area contributed by atoms with E-state index < -0.39 is 0 Å². The summed E-state index contributed by atoms with van der Waals surface area (Å²) in [5.74, 6) is -0.377. The van der Waals surface area contributed by atoms with E-state index >= 15 is 0 Å². The number of benzene rings is 2. The van der Waals surface area contributed by atoms with Crippen LogP contribution < -0.4 is 0 Å². The summed E-state index contributed by atoms with van der Waals surface area (Å²) in [5.41, 5.74) is 1.39. The van der Waals surface area contributed by atoms with E-state index in [-0.39, 0.29) is 12.6 Å². The van der Waals surface area contributed by atoms with Gasteiger partial charge in [0, 0.05) is 13.8 Å². The first-order valence-electron chi connectivity index (χ1n) is 5.46. The molecule has 0 aliphatic heterocycles. The lowest BCUT2D eigenvalue weighted by Gasteiger charge is -2.07. The van der Waals surface area contributed by atoms with Crippen molar-refractivity contribution in [1.29, 1.82) is 0 Å². The van der Waals surface area contributed by atoms with Crippen LogP contribution in [0.5, 0.6) is 0 Å². The van der Waals surface area contributed by atoms with Crippen molar-refractivity contribution in [1.82, 2.24) is 0 Å². The summed E-state index contributed by atoms with van der Waals surface area (Å²) in [6.07, 6.45) is 0. The molecule has 0 amide bonds. The van der Waals surface area contributed by atoms with Gasteiger partial charge in [-0.25, -0.2) is 4.79 Å². The maximum Gasteiger partial charge on any atom is 0.339 e. The fourth-order valence-electron chi connectivity index (χ4n) is 1.53. The molecule has 5 heteroatoms. The Morgan fingerprint density at radius 2 is 1.84 bits per heavy atom. The quantitative estimate of drug-likeness (QED) is 0.587.